The number of imidazole rings is 1. The normalized spacial score (nSPS) is 18.8. The molecule has 152 valence electrons. The van der Waals surface area contributed by atoms with Gasteiger partial charge in [0.15, 0.2) is 11.5 Å². The number of hydrogen-bond donors (Lipinski definition) is 2. The van der Waals surface area contributed by atoms with Crippen LogP contribution in [0.5, 0.6) is 0 Å². The summed E-state index contributed by atoms with van der Waals surface area (Å²) in [5, 5.41) is 17.3. The van der Waals surface area contributed by atoms with Crippen LogP contribution in [0.2, 0.25) is 0 Å². The molecule has 0 radical (unpaired) electrons. The summed E-state index contributed by atoms with van der Waals surface area (Å²) in [5.41, 5.74) is 0.740. The predicted molar refractivity (Wildman–Crippen MR) is 108 cm³/mol. The first-order valence-electron chi connectivity index (χ1n) is 9.61. The fourth-order valence-electron chi connectivity index (χ4n) is 3.76. The molecule has 4 aromatic rings. The average molecular weight is 404 g/mol. The van der Waals surface area contributed by atoms with Crippen molar-refractivity contribution >= 4 is 17.4 Å². The lowest BCUT2D eigenvalue weighted by atomic mass is 10.00. The van der Waals surface area contributed by atoms with Crippen molar-refractivity contribution in [2.45, 2.75) is 12.0 Å². The van der Waals surface area contributed by atoms with Gasteiger partial charge in [0.1, 0.15) is 6.33 Å². The molecule has 0 aliphatic carbocycles. The van der Waals surface area contributed by atoms with Gasteiger partial charge in [-0.25, -0.2) is 19.6 Å². The Kier molecular flexibility index (Phi) is 4.40. The summed E-state index contributed by atoms with van der Waals surface area (Å²) < 4.78 is 3.43. The van der Waals surface area contributed by atoms with Crippen LogP contribution < -0.4 is 10.2 Å². The van der Waals surface area contributed by atoms with Crippen LogP contribution in [0.4, 0.5) is 5.82 Å². The fraction of sp³-hybridized carbons (Fsp3) is 0.250. The summed E-state index contributed by atoms with van der Waals surface area (Å²) in [6.07, 6.45) is 9.18. The van der Waals surface area contributed by atoms with Gasteiger partial charge < -0.3 is 19.7 Å². The van der Waals surface area contributed by atoms with E-state index in [0.29, 0.717) is 19.5 Å². The second-order valence-corrected chi connectivity index (χ2v) is 7.32. The van der Waals surface area contributed by atoms with Crippen LogP contribution >= 0.6 is 0 Å². The third kappa shape index (κ3) is 3.16. The molecule has 30 heavy (non-hydrogen) atoms. The third-order valence-corrected chi connectivity index (χ3v) is 5.34. The van der Waals surface area contributed by atoms with E-state index in [1.807, 2.05) is 52.0 Å². The minimum absolute atomic E-state index is 0.0543. The van der Waals surface area contributed by atoms with E-state index in [9.17, 15) is 9.90 Å². The van der Waals surface area contributed by atoms with Crippen molar-refractivity contribution < 1.29 is 9.90 Å². The predicted octanol–water partition coefficient (Wildman–Crippen LogP) is 0.681. The van der Waals surface area contributed by atoms with Crippen molar-refractivity contribution in [3.63, 3.8) is 0 Å². The van der Waals surface area contributed by atoms with Crippen LogP contribution in [-0.2, 0) is 0 Å². The van der Waals surface area contributed by atoms with Crippen molar-refractivity contribution in [2.24, 2.45) is 0 Å². The first-order valence-corrected chi connectivity index (χ1v) is 9.61. The van der Waals surface area contributed by atoms with Gasteiger partial charge in [0.05, 0.1) is 17.8 Å². The van der Waals surface area contributed by atoms with E-state index in [1.54, 1.807) is 17.1 Å². The number of aromatic nitrogens is 6. The minimum Gasteiger partial charge on any atom is -0.394 e. The SMILES string of the molecule is O=C(N[C@@]1(CO)CCN(c2nccn3ccnc23)C1)c1ncn(-c2ccccc2)n1. The number of para-hydroxylation sites is 1. The molecule has 1 atom stereocenters. The van der Waals surface area contributed by atoms with E-state index in [0.717, 1.165) is 17.2 Å². The van der Waals surface area contributed by atoms with Gasteiger partial charge in [-0.2, -0.15) is 0 Å². The Bertz CT molecular complexity index is 1190. The number of aliphatic hydroxyl groups is 1. The maximum absolute atomic E-state index is 12.8. The number of rotatable bonds is 5. The van der Waals surface area contributed by atoms with Crippen molar-refractivity contribution in [3.8, 4) is 5.69 Å². The third-order valence-electron chi connectivity index (χ3n) is 5.34. The van der Waals surface area contributed by atoms with E-state index in [4.69, 9.17) is 0 Å². The standard InChI is InChI=1S/C20H20N8O2/c29-13-20(6-9-27(12-20)18-17-21-7-10-26(17)11-8-22-18)24-19(30)16-23-14-28(25-16)15-4-2-1-3-5-15/h1-5,7-8,10-11,14,29H,6,9,12-13H2,(H,24,30)/t20-/m0/s1. The number of carbonyl (C=O) groups is 1. The molecule has 0 spiro atoms. The van der Waals surface area contributed by atoms with Crippen LogP contribution in [0, 0.1) is 0 Å². The highest BCUT2D eigenvalue weighted by atomic mass is 16.3. The zero-order valence-electron chi connectivity index (χ0n) is 16.1. The zero-order valence-corrected chi connectivity index (χ0v) is 16.1. The van der Waals surface area contributed by atoms with E-state index in [-0.39, 0.29) is 12.4 Å². The maximum Gasteiger partial charge on any atom is 0.291 e. The highest BCUT2D eigenvalue weighted by Crippen LogP contribution is 2.27. The number of anilines is 1. The summed E-state index contributed by atoms with van der Waals surface area (Å²) in [6.45, 7) is 0.840. The minimum atomic E-state index is -0.809. The van der Waals surface area contributed by atoms with Crippen LogP contribution in [0.25, 0.3) is 11.3 Å². The molecule has 5 rings (SSSR count). The molecular formula is C20H20N8O2. The fourth-order valence-corrected chi connectivity index (χ4v) is 3.76. The Morgan fingerprint density at radius 1 is 1.13 bits per heavy atom. The Morgan fingerprint density at radius 3 is 2.73 bits per heavy atom. The quantitative estimate of drug-likeness (QED) is 0.503. The summed E-state index contributed by atoms with van der Waals surface area (Å²) in [4.78, 5) is 27.8. The van der Waals surface area contributed by atoms with Gasteiger partial charge >= 0.3 is 0 Å². The molecule has 10 heteroatoms. The molecule has 4 heterocycles. The highest BCUT2D eigenvalue weighted by molar-refractivity contribution is 5.91. The Labute approximate surface area is 171 Å². The monoisotopic (exact) mass is 404 g/mol. The molecule has 1 aliphatic rings. The second kappa shape index (κ2) is 7.23. The van der Waals surface area contributed by atoms with Gasteiger partial charge in [-0.15, -0.1) is 5.10 Å². The number of amides is 1. The van der Waals surface area contributed by atoms with Gasteiger partial charge in [0.2, 0.25) is 5.82 Å². The first-order chi connectivity index (χ1) is 14.7. The van der Waals surface area contributed by atoms with Crippen molar-refractivity contribution in [1.82, 2.24) is 34.4 Å². The van der Waals surface area contributed by atoms with Gasteiger partial charge in [0, 0.05) is 37.9 Å². The number of nitrogens with zero attached hydrogens (tertiary/aromatic N) is 7. The molecule has 10 nitrogen and oxygen atoms in total. The van der Waals surface area contributed by atoms with E-state index >= 15 is 0 Å². The Hall–Kier alpha value is -3.79. The number of fused-ring (bicyclic) bond motifs is 1. The molecule has 1 saturated heterocycles. The Balaban J connectivity index is 1.34. The van der Waals surface area contributed by atoms with Crippen LogP contribution in [0.15, 0.2) is 61.4 Å². The van der Waals surface area contributed by atoms with Gasteiger partial charge in [-0.3, -0.25) is 4.79 Å². The maximum atomic E-state index is 12.8. The Morgan fingerprint density at radius 2 is 1.93 bits per heavy atom. The summed E-state index contributed by atoms with van der Waals surface area (Å²) in [7, 11) is 0. The van der Waals surface area contributed by atoms with E-state index < -0.39 is 11.4 Å². The smallest absolute Gasteiger partial charge is 0.291 e. The van der Waals surface area contributed by atoms with Crippen LogP contribution in [-0.4, -0.2) is 65.4 Å². The molecular weight excluding hydrogens is 384 g/mol. The largest absolute Gasteiger partial charge is 0.394 e. The van der Waals surface area contributed by atoms with E-state index in [2.05, 4.69) is 25.4 Å². The van der Waals surface area contributed by atoms with Gasteiger partial charge in [0.25, 0.3) is 5.91 Å². The molecule has 0 unspecified atom stereocenters. The van der Waals surface area contributed by atoms with Crippen molar-refractivity contribution in [3.05, 3.63) is 67.3 Å². The first kappa shape index (κ1) is 18.3. The lowest BCUT2D eigenvalue weighted by Gasteiger charge is -2.28. The van der Waals surface area contributed by atoms with Crippen molar-refractivity contribution in [2.75, 3.05) is 24.6 Å². The highest BCUT2D eigenvalue weighted by Gasteiger charge is 2.41. The summed E-state index contributed by atoms with van der Waals surface area (Å²) in [5.74, 6) is 0.352. The second-order valence-electron chi connectivity index (χ2n) is 7.32. The van der Waals surface area contributed by atoms with Crippen LogP contribution in [0.1, 0.15) is 17.0 Å². The van der Waals surface area contributed by atoms with Crippen molar-refractivity contribution in [1.29, 1.82) is 0 Å². The average Bonchev–Trinajstić information content (AvgIpc) is 3.53. The molecule has 1 fully saturated rings. The summed E-state index contributed by atoms with van der Waals surface area (Å²) in [6, 6.07) is 9.44. The molecule has 0 saturated carbocycles. The number of benzene rings is 1. The molecule has 1 aromatic carbocycles. The lowest BCUT2D eigenvalue weighted by Crippen LogP contribution is -2.53. The molecule has 0 bridgehead atoms. The van der Waals surface area contributed by atoms with Gasteiger partial charge in [-0.1, -0.05) is 18.2 Å². The lowest BCUT2D eigenvalue weighted by molar-refractivity contribution is 0.0844. The molecule has 2 N–H and O–H groups in total. The topological polar surface area (TPSA) is 113 Å². The van der Waals surface area contributed by atoms with Gasteiger partial charge in [-0.05, 0) is 18.6 Å². The van der Waals surface area contributed by atoms with Crippen LogP contribution in [0.3, 0.4) is 0 Å². The number of nitrogens with one attached hydrogen (secondary N) is 1. The van der Waals surface area contributed by atoms with E-state index in [1.165, 1.54) is 6.33 Å². The summed E-state index contributed by atoms with van der Waals surface area (Å²) >= 11 is 0. The number of aliphatic hydroxyl groups excluding tert-OH is 1. The zero-order chi connectivity index (χ0) is 20.6. The molecule has 3 aromatic heterocycles. The number of carbonyl (C=O) groups excluding carboxylic acids is 1. The molecule has 1 amide bonds. The number of hydrogen-bond acceptors (Lipinski definition) is 7. The molecule has 1 aliphatic heterocycles.